The molecule has 1 aromatic heterocycles. The van der Waals surface area contributed by atoms with Crippen LogP contribution in [0, 0.1) is 12.3 Å². The Kier molecular flexibility index (Phi) is 5.45. The lowest BCUT2D eigenvalue weighted by molar-refractivity contribution is -0.136. The molecule has 1 aromatic carbocycles. The van der Waals surface area contributed by atoms with Gasteiger partial charge >= 0.3 is 0 Å². The number of hydrogen-bond donors (Lipinski definition) is 0. The van der Waals surface area contributed by atoms with Crippen LogP contribution in [0.25, 0.3) is 17.0 Å². The number of para-hydroxylation sites is 1. The maximum Gasteiger partial charge on any atom is 0.294 e. The molecule has 0 atom stereocenters. The summed E-state index contributed by atoms with van der Waals surface area (Å²) in [5.74, 6) is 2.04. The first kappa shape index (κ1) is 19.3. The minimum atomic E-state index is -0.417. The number of aromatic nitrogens is 1. The van der Waals surface area contributed by atoms with E-state index in [1.54, 1.807) is 11.0 Å². The van der Waals surface area contributed by atoms with Gasteiger partial charge in [0, 0.05) is 35.8 Å². The van der Waals surface area contributed by atoms with E-state index in [0.29, 0.717) is 24.5 Å². The van der Waals surface area contributed by atoms with Crippen molar-refractivity contribution in [3.8, 4) is 12.3 Å². The smallest absolute Gasteiger partial charge is 0.294 e. The fourth-order valence-electron chi connectivity index (χ4n) is 3.78. The molecule has 2 aromatic rings. The van der Waals surface area contributed by atoms with Crippen LogP contribution in [0.4, 0.5) is 4.79 Å². The number of benzene rings is 1. The number of piperidine rings is 1. The largest absolute Gasteiger partial charge is 0.341 e. The molecule has 148 valence electrons. The van der Waals surface area contributed by atoms with E-state index in [4.69, 9.17) is 6.42 Å². The molecule has 6 nitrogen and oxygen atoms in total. The highest BCUT2D eigenvalue weighted by Gasteiger charge is 2.37. The number of fused-ring (bicyclic) bond motifs is 1. The summed E-state index contributed by atoms with van der Waals surface area (Å²) in [5, 5.41) is 0.554. The molecular weight excluding hydrogens is 386 g/mol. The summed E-state index contributed by atoms with van der Waals surface area (Å²) in [5.41, 5.74) is 1.79. The highest BCUT2D eigenvalue weighted by atomic mass is 32.2. The number of likely N-dealkylation sites (tertiary alicyclic amines) is 1. The monoisotopic (exact) mass is 407 g/mol. The van der Waals surface area contributed by atoms with Gasteiger partial charge in [-0.05, 0) is 43.2 Å². The number of thioether (sulfide) groups is 1. The second-order valence-corrected chi connectivity index (χ2v) is 8.14. The quantitative estimate of drug-likeness (QED) is 0.576. The molecule has 0 aliphatic carbocycles. The summed E-state index contributed by atoms with van der Waals surface area (Å²) in [6, 6.07) is 7.77. The van der Waals surface area contributed by atoms with Gasteiger partial charge in [0.15, 0.2) is 0 Å². The maximum absolute atomic E-state index is 12.8. The van der Waals surface area contributed by atoms with Crippen molar-refractivity contribution in [1.29, 1.82) is 0 Å². The summed E-state index contributed by atoms with van der Waals surface area (Å²) in [4.78, 5) is 40.8. The molecule has 0 bridgehead atoms. The number of rotatable bonds is 4. The third kappa shape index (κ3) is 3.81. The Morgan fingerprint density at radius 3 is 2.69 bits per heavy atom. The van der Waals surface area contributed by atoms with E-state index in [1.165, 1.54) is 0 Å². The Bertz CT molecular complexity index is 1060. The fraction of sp³-hybridized carbons (Fsp3) is 0.318. The number of nitrogens with zero attached hydrogens (tertiary/aromatic N) is 3. The first-order chi connectivity index (χ1) is 14.1. The van der Waals surface area contributed by atoms with Crippen molar-refractivity contribution in [2.75, 3.05) is 19.6 Å². The van der Waals surface area contributed by atoms with E-state index in [2.05, 4.69) is 5.92 Å². The predicted molar refractivity (Wildman–Crippen MR) is 114 cm³/mol. The Labute approximate surface area is 173 Å². The van der Waals surface area contributed by atoms with Gasteiger partial charge in [-0.15, -0.1) is 6.42 Å². The minimum Gasteiger partial charge on any atom is -0.341 e. The van der Waals surface area contributed by atoms with Gasteiger partial charge in [-0.25, -0.2) is 0 Å². The van der Waals surface area contributed by atoms with Crippen LogP contribution in [0.2, 0.25) is 0 Å². The van der Waals surface area contributed by atoms with Crippen molar-refractivity contribution in [2.24, 2.45) is 0 Å². The third-order valence-electron chi connectivity index (χ3n) is 5.24. The van der Waals surface area contributed by atoms with Gasteiger partial charge in [0.2, 0.25) is 5.91 Å². The molecule has 0 spiro atoms. The predicted octanol–water partition coefficient (Wildman–Crippen LogP) is 3.32. The number of hydrogen-bond acceptors (Lipinski definition) is 4. The molecule has 3 amide bonds. The number of terminal acetylenes is 1. The van der Waals surface area contributed by atoms with E-state index in [1.807, 2.05) is 35.0 Å². The summed E-state index contributed by atoms with van der Waals surface area (Å²) in [6.45, 7) is 1.61. The standard InChI is InChI=1S/C22H21N3O3S/c1-2-10-24-14-16(17-8-4-5-9-18(17)24)13-19-21(27)25(22(28)29-19)15-20(26)23-11-6-3-7-12-23/h1,4-5,8-9,13-14H,3,6-7,10-12,15H2/b19-13-. The van der Waals surface area contributed by atoms with Crippen molar-refractivity contribution in [2.45, 2.75) is 25.8 Å². The molecule has 2 aliphatic rings. The normalized spacial score (nSPS) is 18.7. The molecule has 2 saturated heterocycles. The molecule has 0 radical (unpaired) electrons. The minimum absolute atomic E-state index is 0.168. The third-order valence-corrected chi connectivity index (χ3v) is 6.15. The molecule has 29 heavy (non-hydrogen) atoms. The summed E-state index contributed by atoms with van der Waals surface area (Å²) in [7, 11) is 0. The lowest BCUT2D eigenvalue weighted by Crippen LogP contribution is -2.44. The van der Waals surface area contributed by atoms with Gasteiger partial charge in [0.1, 0.15) is 6.54 Å². The molecule has 4 rings (SSSR count). The van der Waals surface area contributed by atoms with Crippen LogP contribution in [-0.4, -0.2) is 51.1 Å². The van der Waals surface area contributed by atoms with E-state index in [9.17, 15) is 14.4 Å². The van der Waals surface area contributed by atoms with Crippen LogP contribution in [-0.2, 0) is 16.1 Å². The second kappa shape index (κ2) is 8.18. The van der Waals surface area contributed by atoms with Crippen LogP contribution in [0.15, 0.2) is 35.4 Å². The molecule has 2 fully saturated rings. The van der Waals surface area contributed by atoms with Crippen LogP contribution in [0.5, 0.6) is 0 Å². The molecule has 0 unspecified atom stereocenters. The zero-order valence-corrected chi connectivity index (χ0v) is 16.8. The molecule has 0 N–H and O–H groups in total. The van der Waals surface area contributed by atoms with Crippen molar-refractivity contribution in [3.05, 3.63) is 40.9 Å². The highest BCUT2D eigenvalue weighted by Crippen LogP contribution is 2.34. The molecule has 3 heterocycles. The van der Waals surface area contributed by atoms with Gasteiger partial charge in [0.05, 0.1) is 11.4 Å². The van der Waals surface area contributed by atoms with Crippen LogP contribution < -0.4 is 0 Å². The summed E-state index contributed by atoms with van der Waals surface area (Å²) in [6.07, 6.45) is 12.1. The van der Waals surface area contributed by atoms with Gasteiger partial charge < -0.3 is 9.47 Å². The zero-order valence-electron chi connectivity index (χ0n) is 16.0. The van der Waals surface area contributed by atoms with Gasteiger partial charge in [-0.3, -0.25) is 19.3 Å². The first-order valence-electron chi connectivity index (χ1n) is 9.63. The van der Waals surface area contributed by atoms with Crippen LogP contribution in [0.3, 0.4) is 0 Å². The van der Waals surface area contributed by atoms with Crippen molar-refractivity contribution in [1.82, 2.24) is 14.4 Å². The Morgan fingerprint density at radius 2 is 1.93 bits per heavy atom. The van der Waals surface area contributed by atoms with Crippen molar-refractivity contribution in [3.63, 3.8) is 0 Å². The first-order valence-corrected chi connectivity index (χ1v) is 10.4. The van der Waals surface area contributed by atoms with Crippen LogP contribution in [0.1, 0.15) is 24.8 Å². The molecule has 7 heteroatoms. The molecular formula is C22H21N3O3S. The number of carbonyl (C=O) groups is 3. The van der Waals surface area contributed by atoms with E-state index in [-0.39, 0.29) is 12.5 Å². The van der Waals surface area contributed by atoms with Crippen LogP contribution >= 0.6 is 11.8 Å². The van der Waals surface area contributed by atoms with Gasteiger partial charge in [-0.1, -0.05) is 24.1 Å². The number of carbonyl (C=O) groups excluding carboxylic acids is 3. The molecule has 2 aliphatic heterocycles. The fourth-order valence-corrected chi connectivity index (χ4v) is 4.60. The number of amides is 3. The highest BCUT2D eigenvalue weighted by molar-refractivity contribution is 8.18. The Morgan fingerprint density at radius 1 is 1.17 bits per heavy atom. The van der Waals surface area contributed by atoms with E-state index in [0.717, 1.165) is 52.4 Å². The molecule has 0 saturated carbocycles. The number of imide groups is 1. The van der Waals surface area contributed by atoms with E-state index < -0.39 is 11.1 Å². The zero-order chi connectivity index (χ0) is 20.4. The van der Waals surface area contributed by atoms with E-state index >= 15 is 0 Å². The summed E-state index contributed by atoms with van der Waals surface area (Å²) < 4.78 is 1.94. The average molecular weight is 407 g/mol. The maximum atomic E-state index is 12.8. The summed E-state index contributed by atoms with van der Waals surface area (Å²) >= 11 is 0.875. The SMILES string of the molecule is C#CCn1cc(/C=C2\SC(=O)N(CC(=O)N3CCCCC3)C2=O)c2ccccc21. The Hall–Kier alpha value is -2.98. The topological polar surface area (TPSA) is 62.6 Å². The van der Waals surface area contributed by atoms with Crippen molar-refractivity contribution < 1.29 is 14.4 Å². The lowest BCUT2D eigenvalue weighted by Gasteiger charge is -2.27. The van der Waals surface area contributed by atoms with Crippen molar-refractivity contribution >= 4 is 45.8 Å². The average Bonchev–Trinajstić information content (AvgIpc) is 3.21. The van der Waals surface area contributed by atoms with Gasteiger partial charge in [-0.2, -0.15) is 0 Å². The lowest BCUT2D eigenvalue weighted by atomic mass is 10.1. The van der Waals surface area contributed by atoms with Gasteiger partial charge in [0.25, 0.3) is 11.1 Å². The second-order valence-electron chi connectivity index (χ2n) is 7.14. The Balaban J connectivity index is 1.57.